The van der Waals surface area contributed by atoms with Crippen LogP contribution in [0.4, 0.5) is 5.69 Å². The Morgan fingerprint density at radius 2 is 2.14 bits per heavy atom. The molecule has 0 fully saturated rings. The van der Waals surface area contributed by atoms with Gasteiger partial charge in [-0.05, 0) is 38.5 Å². The first kappa shape index (κ1) is 15.2. The molecule has 2 N–H and O–H groups in total. The van der Waals surface area contributed by atoms with Crippen LogP contribution < -0.4 is 10.6 Å². The molecule has 1 aromatic carbocycles. The molecular weight excluding hydrogens is 266 g/mol. The highest BCUT2D eigenvalue weighted by molar-refractivity contribution is 5.93. The van der Waals surface area contributed by atoms with Crippen molar-refractivity contribution in [2.24, 2.45) is 5.73 Å². The normalized spacial score (nSPS) is 10.7. The zero-order valence-electron chi connectivity index (χ0n) is 12.7. The molecule has 21 heavy (non-hydrogen) atoms. The van der Waals surface area contributed by atoms with Gasteiger partial charge in [0.15, 0.2) is 0 Å². The third-order valence-corrected chi connectivity index (χ3v) is 3.49. The first-order valence-corrected chi connectivity index (χ1v) is 7.02. The Bertz CT molecular complexity index is 635. The minimum absolute atomic E-state index is 0.0142. The van der Waals surface area contributed by atoms with Gasteiger partial charge in [0.1, 0.15) is 6.54 Å². The molecule has 0 saturated heterocycles. The number of anilines is 1. The highest BCUT2D eigenvalue weighted by Gasteiger charge is 2.17. The number of likely N-dealkylation sites (N-methyl/N-ethyl adjacent to an activating group) is 1. The predicted molar refractivity (Wildman–Crippen MR) is 81.9 cm³/mol. The minimum atomic E-state index is -0.0142. The first-order chi connectivity index (χ1) is 10.1. The number of carbonyl (C=O) groups excluding carboxylic acids is 1. The standard InChI is InChI=1S/C15H21N5O/c1-4-19(13-7-5-6-11(2)8-13)15(21)10-20-12(3)14(9-16)17-18-20/h5-8H,4,9-10,16H2,1-3H3. The molecule has 2 aromatic rings. The maximum Gasteiger partial charge on any atom is 0.248 e. The van der Waals surface area contributed by atoms with Crippen molar-refractivity contribution in [2.45, 2.75) is 33.9 Å². The molecule has 1 aromatic heterocycles. The van der Waals surface area contributed by atoms with Gasteiger partial charge in [-0.25, -0.2) is 4.68 Å². The maximum atomic E-state index is 12.5. The average Bonchev–Trinajstić information content (AvgIpc) is 2.80. The smallest absolute Gasteiger partial charge is 0.248 e. The summed E-state index contributed by atoms with van der Waals surface area (Å²) in [6.45, 7) is 6.95. The quantitative estimate of drug-likeness (QED) is 0.902. The molecule has 112 valence electrons. The van der Waals surface area contributed by atoms with Crippen LogP contribution in [0.25, 0.3) is 0 Å². The number of aromatic nitrogens is 3. The van der Waals surface area contributed by atoms with Crippen molar-refractivity contribution in [2.75, 3.05) is 11.4 Å². The van der Waals surface area contributed by atoms with Crippen molar-refractivity contribution >= 4 is 11.6 Å². The predicted octanol–water partition coefficient (Wildman–Crippen LogP) is 1.41. The lowest BCUT2D eigenvalue weighted by Gasteiger charge is -2.21. The number of nitrogens with two attached hydrogens (primary N) is 1. The van der Waals surface area contributed by atoms with Gasteiger partial charge in [-0.2, -0.15) is 0 Å². The van der Waals surface area contributed by atoms with Crippen LogP contribution in [0, 0.1) is 13.8 Å². The Balaban J connectivity index is 2.19. The summed E-state index contributed by atoms with van der Waals surface area (Å²) < 4.78 is 1.60. The number of rotatable bonds is 5. The summed E-state index contributed by atoms with van der Waals surface area (Å²) in [5, 5.41) is 7.97. The second kappa shape index (κ2) is 6.49. The van der Waals surface area contributed by atoms with Gasteiger partial charge in [0.05, 0.1) is 11.4 Å². The number of hydrogen-bond donors (Lipinski definition) is 1. The lowest BCUT2D eigenvalue weighted by atomic mass is 10.2. The van der Waals surface area contributed by atoms with Gasteiger partial charge >= 0.3 is 0 Å². The van der Waals surface area contributed by atoms with E-state index in [1.165, 1.54) is 0 Å². The van der Waals surface area contributed by atoms with Crippen molar-refractivity contribution in [1.82, 2.24) is 15.0 Å². The average molecular weight is 287 g/mol. The molecule has 0 atom stereocenters. The van der Waals surface area contributed by atoms with Gasteiger partial charge in [-0.1, -0.05) is 17.3 Å². The molecule has 1 amide bonds. The zero-order chi connectivity index (χ0) is 15.4. The molecular formula is C15H21N5O. The van der Waals surface area contributed by atoms with Crippen molar-refractivity contribution in [3.05, 3.63) is 41.2 Å². The highest BCUT2D eigenvalue weighted by Crippen LogP contribution is 2.16. The summed E-state index contributed by atoms with van der Waals surface area (Å²) in [7, 11) is 0. The van der Waals surface area contributed by atoms with E-state index in [1.54, 1.807) is 9.58 Å². The minimum Gasteiger partial charge on any atom is -0.325 e. The first-order valence-electron chi connectivity index (χ1n) is 7.02. The van der Waals surface area contributed by atoms with Crippen LogP contribution >= 0.6 is 0 Å². The third-order valence-electron chi connectivity index (χ3n) is 3.49. The van der Waals surface area contributed by atoms with Gasteiger partial charge in [0.25, 0.3) is 0 Å². The van der Waals surface area contributed by atoms with Crippen molar-refractivity contribution in [3.63, 3.8) is 0 Å². The summed E-state index contributed by atoms with van der Waals surface area (Å²) in [6.07, 6.45) is 0. The van der Waals surface area contributed by atoms with Crippen LogP contribution in [-0.2, 0) is 17.9 Å². The van der Waals surface area contributed by atoms with Crippen LogP contribution in [0.15, 0.2) is 24.3 Å². The Kier molecular flexibility index (Phi) is 4.70. The third kappa shape index (κ3) is 3.28. The van der Waals surface area contributed by atoms with Gasteiger partial charge in [0, 0.05) is 18.8 Å². The molecule has 2 rings (SSSR count). The molecule has 0 bridgehead atoms. The monoisotopic (exact) mass is 287 g/mol. The highest BCUT2D eigenvalue weighted by atomic mass is 16.2. The largest absolute Gasteiger partial charge is 0.325 e. The summed E-state index contributed by atoms with van der Waals surface area (Å²) >= 11 is 0. The SMILES string of the molecule is CCN(C(=O)Cn1nnc(CN)c1C)c1cccc(C)c1. The molecule has 0 radical (unpaired) electrons. The maximum absolute atomic E-state index is 12.5. The van der Waals surface area contributed by atoms with E-state index in [4.69, 9.17) is 5.73 Å². The Morgan fingerprint density at radius 3 is 2.71 bits per heavy atom. The number of amides is 1. The molecule has 0 unspecified atom stereocenters. The summed E-state index contributed by atoms with van der Waals surface area (Å²) in [6, 6.07) is 7.90. The molecule has 0 aliphatic heterocycles. The number of nitrogens with zero attached hydrogens (tertiary/aromatic N) is 4. The molecule has 0 aliphatic rings. The Morgan fingerprint density at radius 1 is 1.38 bits per heavy atom. The van der Waals surface area contributed by atoms with Gasteiger partial charge in [-0.15, -0.1) is 5.10 Å². The summed E-state index contributed by atoms with van der Waals surface area (Å²) in [5.41, 5.74) is 9.17. The number of carbonyl (C=O) groups is 1. The van der Waals surface area contributed by atoms with E-state index in [2.05, 4.69) is 10.3 Å². The zero-order valence-corrected chi connectivity index (χ0v) is 12.7. The van der Waals surface area contributed by atoms with Crippen LogP contribution in [-0.4, -0.2) is 27.4 Å². The topological polar surface area (TPSA) is 77.0 Å². The fourth-order valence-corrected chi connectivity index (χ4v) is 2.25. The molecule has 1 heterocycles. The lowest BCUT2D eigenvalue weighted by molar-refractivity contribution is -0.119. The van der Waals surface area contributed by atoms with E-state index in [0.29, 0.717) is 13.1 Å². The van der Waals surface area contributed by atoms with E-state index in [9.17, 15) is 4.79 Å². The van der Waals surface area contributed by atoms with E-state index in [-0.39, 0.29) is 12.5 Å². The number of hydrogen-bond acceptors (Lipinski definition) is 4. The van der Waals surface area contributed by atoms with Crippen molar-refractivity contribution in [3.8, 4) is 0 Å². The van der Waals surface area contributed by atoms with Crippen LogP contribution in [0.3, 0.4) is 0 Å². The number of benzene rings is 1. The van der Waals surface area contributed by atoms with Crippen LogP contribution in [0.2, 0.25) is 0 Å². The van der Waals surface area contributed by atoms with E-state index < -0.39 is 0 Å². The molecule has 6 nitrogen and oxygen atoms in total. The van der Waals surface area contributed by atoms with Crippen molar-refractivity contribution in [1.29, 1.82) is 0 Å². The number of aryl methyl sites for hydroxylation is 1. The molecule has 0 spiro atoms. The summed E-state index contributed by atoms with van der Waals surface area (Å²) in [5.74, 6) is -0.0142. The molecule has 6 heteroatoms. The van der Waals surface area contributed by atoms with E-state index in [1.807, 2.05) is 45.0 Å². The second-order valence-electron chi connectivity index (χ2n) is 4.96. The van der Waals surface area contributed by atoms with Gasteiger partial charge < -0.3 is 10.6 Å². The second-order valence-corrected chi connectivity index (χ2v) is 4.96. The van der Waals surface area contributed by atoms with Gasteiger partial charge in [0.2, 0.25) is 5.91 Å². The van der Waals surface area contributed by atoms with E-state index >= 15 is 0 Å². The van der Waals surface area contributed by atoms with E-state index in [0.717, 1.165) is 22.6 Å². The van der Waals surface area contributed by atoms with Crippen molar-refractivity contribution < 1.29 is 4.79 Å². The van der Waals surface area contributed by atoms with Crippen LogP contribution in [0.1, 0.15) is 23.9 Å². The fraction of sp³-hybridized carbons (Fsp3) is 0.400. The fourth-order valence-electron chi connectivity index (χ4n) is 2.25. The summed E-state index contributed by atoms with van der Waals surface area (Å²) in [4.78, 5) is 14.3. The molecule has 0 saturated carbocycles. The van der Waals surface area contributed by atoms with Gasteiger partial charge in [-0.3, -0.25) is 4.79 Å². The Hall–Kier alpha value is -2.21. The molecule has 0 aliphatic carbocycles. The van der Waals surface area contributed by atoms with Crippen LogP contribution in [0.5, 0.6) is 0 Å². The Labute approximate surface area is 124 Å². The lowest BCUT2D eigenvalue weighted by Crippen LogP contribution is -2.34.